The summed E-state index contributed by atoms with van der Waals surface area (Å²) in [7, 11) is -4.31. The maximum absolute atomic E-state index is 12.9. The topological polar surface area (TPSA) is 133 Å². The molecule has 3 rings (SSSR count). The van der Waals surface area contributed by atoms with Crippen molar-refractivity contribution in [3.8, 4) is 5.75 Å². The lowest BCUT2D eigenvalue weighted by atomic mass is 10.2. The molecule has 0 saturated carbocycles. The number of ether oxygens (including phenoxy) is 1. The second kappa shape index (κ2) is 7.64. The predicted molar refractivity (Wildman–Crippen MR) is 93.4 cm³/mol. The Labute approximate surface area is 165 Å². The fourth-order valence-electron chi connectivity index (χ4n) is 2.73. The van der Waals surface area contributed by atoms with Crippen LogP contribution < -0.4 is 14.5 Å². The van der Waals surface area contributed by atoms with E-state index in [1.807, 2.05) is 0 Å². The normalized spacial score (nSPS) is 18.6. The second-order valence-electron chi connectivity index (χ2n) is 5.83. The van der Waals surface area contributed by atoms with E-state index < -0.39 is 39.0 Å². The fourth-order valence-corrected chi connectivity index (χ4v) is 4.94. The minimum Gasteiger partial charge on any atom is -0.480 e. The monoisotopic (exact) mass is 454 g/mol. The highest BCUT2D eigenvalue weighted by Crippen LogP contribution is 2.28. The number of benzene rings is 1. The second-order valence-corrected chi connectivity index (χ2v) is 8.66. The first-order valence-electron chi connectivity index (χ1n) is 7.88. The van der Waals surface area contributed by atoms with Gasteiger partial charge >= 0.3 is 17.2 Å². The van der Waals surface area contributed by atoms with Crippen LogP contribution in [-0.4, -0.2) is 66.0 Å². The maximum Gasteiger partial charge on any atom is 0.573 e. The number of nitrogens with zero attached hydrogens (tertiary/aromatic N) is 3. The van der Waals surface area contributed by atoms with Crippen LogP contribution in [0.1, 0.15) is 0 Å². The Balaban J connectivity index is 1.83. The number of anilines is 1. The molecule has 0 bridgehead atoms. The number of carboxylic acid groups (broad SMARTS) is 1. The molecular weight excluding hydrogens is 441 g/mol. The molecule has 29 heavy (non-hydrogen) atoms. The number of carbonyl (C=O) groups is 1. The molecule has 1 atom stereocenters. The highest BCUT2D eigenvalue weighted by atomic mass is 32.2. The highest BCUT2D eigenvalue weighted by Gasteiger charge is 2.41. The van der Waals surface area contributed by atoms with Gasteiger partial charge in [0.1, 0.15) is 11.8 Å². The van der Waals surface area contributed by atoms with Crippen molar-refractivity contribution in [2.45, 2.75) is 17.3 Å². The zero-order chi connectivity index (χ0) is 21.4. The number of alkyl halides is 3. The Hall–Kier alpha value is -2.65. The minimum atomic E-state index is -4.93. The molecular formula is C14H13F3N4O6S2. The molecule has 0 unspecified atom stereocenters. The molecule has 1 aromatic carbocycles. The molecule has 2 aromatic rings. The van der Waals surface area contributed by atoms with Gasteiger partial charge in [0.2, 0.25) is 15.2 Å². The van der Waals surface area contributed by atoms with Crippen molar-refractivity contribution in [1.29, 1.82) is 0 Å². The number of aliphatic carboxylic acids is 1. The summed E-state index contributed by atoms with van der Waals surface area (Å²) in [5, 5.41) is 15.7. The lowest BCUT2D eigenvalue weighted by Crippen LogP contribution is -2.58. The first-order chi connectivity index (χ1) is 13.5. The Morgan fingerprint density at radius 3 is 2.45 bits per heavy atom. The van der Waals surface area contributed by atoms with E-state index in [0.717, 1.165) is 39.9 Å². The lowest BCUT2D eigenvalue weighted by Gasteiger charge is -2.38. The van der Waals surface area contributed by atoms with Crippen LogP contribution in [0.25, 0.3) is 0 Å². The SMILES string of the molecule is O=C(O)[C@H]1CN(c2n[nH]c(=O)s2)CCN1S(=O)(=O)c1ccc(OC(F)(F)F)cc1. The average Bonchev–Trinajstić information content (AvgIpc) is 3.06. The molecule has 1 fully saturated rings. The van der Waals surface area contributed by atoms with Crippen LogP contribution in [0.2, 0.25) is 0 Å². The molecule has 0 amide bonds. The Bertz CT molecular complexity index is 1050. The van der Waals surface area contributed by atoms with Crippen LogP contribution in [0.15, 0.2) is 34.0 Å². The third-order valence-electron chi connectivity index (χ3n) is 3.98. The number of carboxylic acids is 1. The molecule has 15 heteroatoms. The van der Waals surface area contributed by atoms with Crippen LogP contribution in [0, 0.1) is 0 Å². The summed E-state index contributed by atoms with van der Waals surface area (Å²) in [5.74, 6) is -2.03. The van der Waals surface area contributed by atoms with Gasteiger partial charge in [0, 0.05) is 19.6 Å². The summed E-state index contributed by atoms with van der Waals surface area (Å²) in [6.45, 7) is -0.419. The average molecular weight is 454 g/mol. The van der Waals surface area contributed by atoms with Crippen molar-refractivity contribution >= 4 is 32.5 Å². The molecule has 2 heterocycles. The Morgan fingerprint density at radius 2 is 1.93 bits per heavy atom. The summed E-state index contributed by atoms with van der Waals surface area (Å²) in [6.07, 6.45) is -4.93. The van der Waals surface area contributed by atoms with E-state index in [2.05, 4.69) is 14.9 Å². The van der Waals surface area contributed by atoms with Crippen LogP contribution in [0.5, 0.6) is 5.75 Å². The van der Waals surface area contributed by atoms with Gasteiger partial charge in [0.05, 0.1) is 4.90 Å². The molecule has 2 N–H and O–H groups in total. The van der Waals surface area contributed by atoms with Crippen LogP contribution in [0.4, 0.5) is 18.3 Å². The summed E-state index contributed by atoms with van der Waals surface area (Å²) in [5.41, 5.74) is 0. The van der Waals surface area contributed by atoms with E-state index in [1.54, 1.807) is 0 Å². The molecule has 0 radical (unpaired) electrons. The largest absolute Gasteiger partial charge is 0.573 e. The lowest BCUT2D eigenvalue weighted by molar-refractivity contribution is -0.274. The van der Waals surface area contributed by atoms with Gasteiger partial charge in [-0.2, -0.15) is 4.31 Å². The molecule has 1 aliphatic heterocycles. The van der Waals surface area contributed by atoms with E-state index >= 15 is 0 Å². The highest BCUT2D eigenvalue weighted by molar-refractivity contribution is 7.89. The predicted octanol–water partition coefficient (Wildman–Crippen LogP) is 0.694. The fraction of sp³-hybridized carbons (Fsp3) is 0.357. The van der Waals surface area contributed by atoms with Crippen molar-refractivity contribution in [1.82, 2.24) is 14.5 Å². The van der Waals surface area contributed by atoms with Crippen LogP contribution in [-0.2, 0) is 14.8 Å². The number of piperazine rings is 1. The van der Waals surface area contributed by atoms with Crippen molar-refractivity contribution in [3.63, 3.8) is 0 Å². The van der Waals surface area contributed by atoms with E-state index in [-0.39, 0.29) is 29.7 Å². The molecule has 0 spiro atoms. The molecule has 1 aromatic heterocycles. The number of nitrogens with one attached hydrogen (secondary N) is 1. The summed E-state index contributed by atoms with van der Waals surface area (Å²) < 4.78 is 66.9. The van der Waals surface area contributed by atoms with Crippen LogP contribution in [0.3, 0.4) is 0 Å². The first-order valence-corrected chi connectivity index (χ1v) is 10.1. The number of aromatic nitrogens is 2. The number of hydrogen-bond donors (Lipinski definition) is 2. The standard InChI is InChI=1S/C14H13F3N4O6S2/c15-14(16,17)27-8-1-3-9(4-2-8)29(25,26)21-6-5-20(7-10(21)11(22)23)12-18-19-13(24)28-12/h1-4,10H,5-7H2,(H,19,24)(H,22,23)/t10-/m1/s1. The number of hydrogen-bond acceptors (Lipinski definition) is 8. The Kier molecular flexibility index (Phi) is 5.55. The summed E-state index contributed by atoms with van der Waals surface area (Å²) in [6, 6.07) is 1.97. The van der Waals surface area contributed by atoms with E-state index in [0.29, 0.717) is 0 Å². The zero-order valence-corrected chi connectivity index (χ0v) is 15.9. The van der Waals surface area contributed by atoms with E-state index in [4.69, 9.17) is 0 Å². The van der Waals surface area contributed by atoms with E-state index in [9.17, 15) is 36.3 Å². The third kappa shape index (κ3) is 4.68. The number of sulfonamides is 1. The quantitative estimate of drug-likeness (QED) is 0.675. The van der Waals surface area contributed by atoms with Gasteiger partial charge in [-0.15, -0.1) is 18.3 Å². The van der Waals surface area contributed by atoms with Gasteiger partial charge in [-0.05, 0) is 35.6 Å². The van der Waals surface area contributed by atoms with Gasteiger partial charge in [0.15, 0.2) is 0 Å². The summed E-state index contributed by atoms with van der Waals surface area (Å²) in [4.78, 5) is 23.6. The molecule has 1 aliphatic rings. The number of aromatic amines is 1. The van der Waals surface area contributed by atoms with Crippen LogP contribution >= 0.6 is 11.3 Å². The van der Waals surface area contributed by atoms with E-state index in [1.165, 1.54) is 4.90 Å². The smallest absolute Gasteiger partial charge is 0.480 e. The third-order valence-corrected chi connectivity index (χ3v) is 6.71. The molecule has 0 aliphatic carbocycles. The van der Waals surface area contributed by atoms with Crippen molar-refractivity contribution < 1.29 is 36.2 Å². The maximum atomic E-state index is 12.9. The van der Waals surface area contributed by atoms with Crippen molar-refractivity contribution in [2.75, 3.05) is 24.5 Å². The minimum absolute atomic E-state index is 0.0685. The molecule has 10 nitrogen and oxygen atoms in total. The van der Waals surface area contributed by atoms with Crippen molar-refractivity contribution in [3.05, 3.63) is 33.9 Å². The van der Waals surface area contributed by atoms with Gasteiger partial charge in [-0.25, -0.2) is 13.5 Å². The van der Waals surface area contributed by atoms with Gasteiger partial charge in [-0.3, -0.25) is 9.59 Å². The Morgan fingerprint density at radius 1 is 1.28 bits per heavy atom. The zero-order valence-electron chi connectivity index (χ0n) is 14.3. The van der Waals surface area contributed by atoms with Gasteiger partial charge < -0.3 is 14.7 Å². The first kappa shape index (κ1) is 21.1. The number of H-pyrrole nitrogens is 1. The number of halogens is 3. The van der Waals surface area contributed by atoms with Gasteiger partial charge in [0.25, 0.3) is 0 Å². The van der Waals surface area contributed by atoms with Crippen molar-refractivity contribution in [2.24, 2.45) is 0 Å². The molecule has 1 saturated heterocycles. The molecule has 158 valence electrons. The number of rotatable bonds is 5. The summed E-state index contributed by atoms with van der Waals surface area (Å²) >= 11 is 0.756. The van der Waals surface area contributed by atoms with Gasteiger partial charge in [-0.1, -0.05) is 0 Å².